The van der Waals surface area contributed by atoms with Crippen molar-refractivity contribution >= 4 is 49.0 Å². The Labute approximate surface area is 179 Å². The molecule has 0 aliphatic rings. The van der Waals surface area contributed by atoms with Crippen LogP contribution in [0, 0.1) is 6.92 Å². The highest BCUT2D eigenvalue weighted by atomic mass is 15.0. The average Bonchev–Trinajstić information content (AvgIpc) is 3.15. The lowest BCUT2D eigenvalue weighted by molar-refractivity contribution is -0.644. The van der Waals surface area contributed by atoms with Crippen molar-refractivity contribution in [2.24, 2.45) is 7.05 Å². The third-order valence-corrected chi connectivity index (χ3v) is 6.86. The van der Waals surface area contributed by atoms with E-state index < -0.39 is 0 Å². The normalized spacial score (nSPS) is 12.2. The van der Waals surface area contributed by atoms with Gasteiger partial charge in [0.1, 0.15) is 12.6 Å². The van der Waals surface area contributed by atoms with E-state index in [1.807, 2.05) is 0 Å². The lowest BCUT2D eigenvalue weighted by atomic mass is 9.98. The van der Waals surface area contributed by atoms with E-state index in [2.05, 4.69) is 114 Å². The Morgan fingerprint density at radius 1 is 0.677 bits per heavy atom. The summed E-state index contributed by atoms with van der Waals surface area (Å²) in [6.45, 7) is 2.23. The van der Waals surface area contributed by atoms with Crippen LogP contribution in [0.2, 0.25) is 0 Å². The van der Waals surface area contributed by atoms with Gasteiger partial charge in [0.2, 0.25) is 5.52 Å². The fourth-order valence-corrected chi connectivity index (χ4v) is 5.53. The molecule has 0 saturated carbocycles. The molecule has 0 fully saturated rings. The quantitative estimate of drug-likeness (QED) is 0.164. The van der Waals surface area contributed by atoms with Gasteiger partial charge in [-0.05, 0) is 29.5 Å². The molecule has 0 radical (unpaired) electrons. The Morgan fingerprint density at radius 2 is 1.48 bits per heavy atom. The van der Waals surface area contributed by atoms with Crippen LogP contribution in [0.25, 0.3) is 60.1 Å². The van der Waals surface area contributed by atoms with Crippen molar-refractivity contribution < 1.29 is 4.57 Å². The Bertz CT molecular complexity index is 1790. The molecule has 0 N–H and O–H groups in total. The number of aromatic nitrogens is 2. The van der Waals surface area contributed by atoms with E-state index in [-0.39, 0.29) is 0 Å². The molecule has 3 aromatic heterocycles. The molecule has 4 aromatic carbocycles. The third kappa shape index (κ3) is 2.04. The summed E-state index contributed by atoms with van der Waals surface area (Å²) < 4.78 is 4.80. The zero-order valence-corrected chi connectivity index (χ0v) is 17.6. The van der Waals surface area contributed by atoms with Crippen LogP contribution in [0.15, 0.2) is 91.1 Å². The van der Waals surface area contributed by atoms with Crippen molar-refractivity contribution in [1.29, 1.82) is 0 Å². The molecule has 0 amide bonds. The first-order valence-electron chi connectivity index (χ1n) is 10.8. The van der Waals surface area contributed by atoms with Crippen molar-refractivity contribution in [3.8, 4) is 11.1 Å². The van der Waals surface area contributed by atoms with Gasteiger partial charge in [0, 0.05) is 27.8 Å². The van der Waals surface area contributed by atoms with E-state index in [0.29, 0.717) is 0 Å². The smallest absolute Gasteiger partial charge is 0.238 e. The summed E-state index contributed by atoms with van der Waals surface area (Å²) in [7, 11) is 2.17. The molecule has 0 aliphatic heterocycles. The predicted octanol–water partition coefficient (Wildman–Crippen LogP) is 6.79. The van der Waals surface area contributed by atoms with Crippen LogP contribution in [0.1, 0.15) is 5.56 Å². The lowest BCUT2D eigenvalue weighted by Crippen LogP contribution is -2.28. The van der Waals surface area contributed by atoms with E-state index in [0.717, 1.165) is 0 Å². The minimum atomic E-state index is 1.25. The lowest BCUT2D eigenvalue weighted by Gasteiger charge is -2.14. The molecule has 2 heteroatoms. The zero-order chi connectivity index (χ0) is 20.7. The maximum Gasteiger partial charge on any atom is 0.238 e. The highest BCUT2D eigenvalue weighted by Gasteiger charge is 2.25. The van der Waals surface area contributed by atoms with Gasteiger partial charge in [-0.2, -0.15) is 4.57 Å². The second-order valence-electron chi connectivity index (χ2n) is 8.57. The molecule has 31 heavy (non-hydrogen) atoms. The van der Waals surface area contributed by atoms with Gasteiger partial charge in [0.25, 0.3) is 0 Å². The molecule has 0 bridgehead atoms. The highest BCUT2D eigenvalue weighted by molar-refractivity contribution is 6.26. The number of benzene rings is 4. The maximum atomic E-state index is 2.51. The van der Waals surface area contributed by atoms with Crippen LogP contribution in [-0.2, 0) is 7.05 Å². The summed E-state index contributed by atoms with van der Waals surface area (Å²) in [5.74, 6) is 0. The molecular formula is C29H21N2+. The molecule has 2 nitrogen and oxygen atoms in total. The number of fused-ring (bicyclic) bond motifs is 5. The highest BCUT2D eigenvalue weighted by Crippen LogP contribution is 2.42. The van der Waals surface area contributed by atoms with Crippen molar-refractivity contribution in [3.05, 3.63) is 96.7 Å². The number of aryl methyl sites for hydroxylation is 2. The van der Waals surface area contributed by atoms with E-state index in [1.165, 1.54) is 65.7 Å². The topological polar surface area (TPSA) is 8.29 Å². The number of hydrogen-bond acceptors (Lipinski definition) is 0. The standard InChI is InChI=1S/C29H21N2/c1-18-14-15-20-10-6-13-24-26(20)25(18)29-28-23(16-17-30(29)2)22-12-7-11-21(27(22)31(24)28)19-8-4-3-5-9-19/h3-17H,1-2H3/q+1. The molecule has 0 unspecified atom stereocenters. The number of nitrogens with zero attached hydrogens (tertiary/aromatic N) is 2. The molecule has 0 atom stereocenters. The largest absolute Gasteiger partial charge is 0.302 e. The van der Waals surface area contributed by atoms with E-state index in [1.54, 1.807) is 0 Å². The Kier molecular flexibility index (Phi) is 3.17. The molecule has 146 valence electrons. The molecule has 0 spiro atoms. The van der Waals surface area contributed by atoms with Gasteiger partial charge in [-0.25, -0.2) is 0 Å². The van der Waals surface area contributed by atoms with Gasteiger partial charge < -0.3 is 4.40 Å². The Hall–Kier alpha value is -3.91. The van der Waals surface area contributed by atoms with E-state index in [9.17, 15) is 0 Å². The van der Waals surface area contributed by atoms with Crippen LogP contribution in [-0.4, -0.2) is 4.40 Å². The monoisotopic (exact) mass is 397 g/mol. The summed E-state index contributed by atoms with van der Waals surface area (Å²) in [5.41, 5.74) is 9.01. The molecule has 0 saturated heterocycles. The molecule has 0 aliphatic carbocycles. The minimum absolute atomic E-state index is 1.25. The average molecular weight is 398 g/mol. The summed E-state index contributed by atoms with van der Waals surface area (Å²) in [4.78, 5) is 0. The fourth-order valence-electron chi connectivity index (χ4n) is 5.53. The molecule has 3 heterocycles. The van der Waals surface area contributed by atoms with Crippen molar-refractivity contribution in [3.63, 3.8) is 0 Å². The van der Waals surface area contributed by atoms with E-state index in [4.69, 9.17) is 0 Å². The Morgan fingerprint density at radius 3 is 2.35 bits per heavy atom. The van der Waals surface area contributed by atoms with Gasteiger partial charge in [0.05, 0.1) is 16.4 Å². The molecule has 7 aromatic rings. The first kappa shape index (κ1) is 16.8. The number of rotatable bonds is 1. The SMILES string of the molecule is Cc1ccc2cccc3c2c1c1c2c(cc[n+]1C)c1cccc(-c4ccccc4)c1n32. The predicted molar refractivity (Wildman–Crippen MR) is 130 cm³/mol. The number of para-hydroxylation sites is 1. The first-order valence-corrected chi connectivity index (χ1v) is 10.8. The van der Waals surface area contributed by atoms with Gasteiger partial charge in [0.15, 0.2) is 6.20 Å². The van der Waals surface area contributed by atoms with Crippen LogP contribution in [0.4, 0.5) is 0 Å². The van der Waals surface area contributed by atoms with Crippen LogP contribution in [0.5, 0.6) is 0 Å². The zero-order valence-electron chi connectivity index (χ0n) is 17.6. The van der Waals surface area contributed by atoms with Crippen LogP contribution >= 0.6 is 0 Å². The molecule has 7 rings (SSSR count). The molecular weight excluding hydrogens is 376 g/mol. The van der Waals surface area contributed by atoms with E-state index >= 15 is 0 Å². The van der Waals surface area contributed by atoms with Crippen molar-refractivity contribution in [1.82, 2.24) is 4.40 Å². The summed E-state index contributed by atoms with van der Waals surface area (Å²) in [5, 5.41) is 6.61. The van der Waals surface area contributed by atoms with Crippen LogP contribution in [0.3, 0.4) is 0 Å². The summed E-state index contributed by atoms with van der Waals surface area (Å²) in [6.07, 6.45) is 2.21. The first-order chi connectivity index (χ1) is 15.2. The van der Waals surface area contributed by atoms with Gasteiger partial charge in [-0.1, -0.05) is 72.8 Å². The van der Waals surface area contributed by atoms with Crippen molar-refractivity contribution in [2.45, 2.75) is 6.92 Å². The minimum Gasteiger partial charge on any atom is -0.302 e. The fraction of sp³-hybridized carbons (Fsp3) is 0.0690. The summed E-state index contributed by atoms with van der Waals surface area (Å²) >= 11 is 0. The van der Waals surface area contributed by atoms with Gasteiger partial charge >= 0.3 is 0 Å². The second-order valence-corrected chi connectivity index (χ2v) is 8.57. The summed E-state index contributed by atoms with van der Waals surface area (Å²) in [6, 6.07) is 31.0. The van der Waals surface area contributed by atoms with Crippen molar-refractivity contribution in [2.75, 3.05) is 0 Å². The van der Waals surface area contributed by atoms with Gasteiger partial charge in [-0.15, -0.1) is 0 Å². The van der Waals surface area contributed by atoms with Gasteiger partial charge in [-0.3, -0.25) is 0 Å². The Balaban J connectivity index is 1.90. The maximum absolute atomic E-state index is 2.51. The second kappa shape index (κ2) is 5.83. The third-order valence-electron chi connectivity index (χ3n) is 6.86. The number of pyridine rings is 2. The number of hydrogen-bond donors (Lipinski definition) is 0. The van der Waals surface area contributed by atoms with Crippen LogP contribution < -0.4 is 4.57 Å².